The molecule has 0 aliphatic carbocycles. The minimum absolute atomic E-state index is 0.221. The van der Waals surface area contributed by atoms with Gasteiger partial charge in [-0.1, -0.05) is 24.3 Å². The van der Waals surface area contributed by atoms with E-state index in [2.05, 4.69) is 19.5 Å². The number of aryl methyl sites for hydroxylation is 1. The maximum Gasteiger partial charge on any atom is 0.573 e. The molecule has 4 aromatic rings. The highest BCUT2D eigenvalue weighted by Gasteiger charge is 2.31. The van der Waals surface area contributed by atoms with Crippen LogP contribution in [-0.2, 0) is 19.7 Å². The number of hydrogen-bond donors (Lipinski definition) is 0. The van der Waals surface area contributed by atoms with E-state index in [-0.39, 0.29) is 30.3 Å². The summed E-state index contributed by atoms with van der Waals surface area (Å²) in [6, 6.07) is 21.7. The lowest BCUT2D eigenvalue weighted by Crippen LogP contribution is -2.45. The molecule has 1 saturated heterocycles. The van der Waals surface area contributed by atoms with Crippen molar-refractivity contribution in [3.63, 3.8) is 0 Å². The molecule has 2 aliphatic rings. The lowest BCUT2D eigenvalue weighted by Gasteiger charge is -2.36. The zero-order valence-corrected chi connectivity index (χ0v) is 24.8. The monoisotopic (exact) mass is 639 g/mol. The average molecular weight is 640 g/mol. The second-order valence-electron chi connectivity index (χ2n) is 11.1. The van der Waals surface area contributed by atoms with E-state index in [0.29, 0.717) is 25.3 Å². The predicted octanol–water partition coefficient (Wildman–Crippen LogP) is 5.82. The number of anilines is 1. The molecule has 0 amide bonds. The number of hydrogen-bond acceptors (Lipinski definition) is 9. The molecular weight excluding hydrogens is 607 g/mol. The van der Waals surface area contributed by atoms with Crippen molar-refractivity contribution < 1.29 is 37.0 Å². The van der Waals surface area contributed by atoms with Crippen LogP contribution in [0.4, 0.5) is 24.7 Å². The van der Waals surface area contributed by atoms with E-state index >= 15 is 0 Å². The van der Waals surface area contributed by atoms with Crippen LogP contribution in [0.5, 0.6) is 23.3 Å². The van der Waals surface area contributed by atoms with Crippen LogP contribution in [0.2, 0.25) is 0 Å². The SMILES string of the molecule is O=[N+]([O-])c1cn2c(n1)OC(COc1ccc(N3CCN(Cc4ccc(OCc5ccc(OC(F)(F)F)cc5)cc4)CC3)cc1)CC2. The number of aromatic nitrogens is 2. The molecule has 242 valence electrons. The number of fused-ring (bicyclic) bond motifs is 1. The maximum atomic E-state index is 12.3. The summed E-state index contributed by atoms with van der Waals surface area (Å²) >= 11 is 0. The van der Waals surface area contributed by atoms with Crippen LogP contribution in [0.1, 0.15) is 17.5 Å². The summed E-state index contributed by atoms with van der Waals surface area (Å²) in [5.41, 5.74) is 3.03. The average Bonchev–Trinajstić information content (AvgIpc) is 3.48. The summed E-state index contributed by atoms with van der Waals surface area (Å²) in [7, 11) is 0. The highest BCUT2D eigenvalue weighted by molar-refractivity contribution is 5.49. The molecule has 0 saturated carbocycles. The van der Waals surface area contributed by atoms with Crippen LogP contribution >= 0.6 is 0 Å². The molecular formula is C32H32F3N5O6. The zero-order chi connectivity index (χ0) is 32.1. The van der Waals surface area contributed by atoms with Crippen molar-refractivity contribution in [1.82, 2.24) is 14.5 Å². The van der Waals surface area contributed by atoms with Gasteiger partial charge >= 0.3 is 18.2 Å². The van der Waals surface area contributed by atoms with E-state index in [1.165, 1.54) is 23.9 Å². The van der Waals surface area contributed by atoms with E-state index in [4.69, 9.17) is 14.2 Å². The Morgan fingerprint density at radius 1 is 0.848 bits per heavy atom. The number of alkyl halides is 3. The Labute approximate surface area is 262 Å². The van der Waals surface area contributed by atoms with Gasteiger partial charge in [0, 0.05) is 56.4 Å². The van der Waals surface area contributed by atoms with Gasteiger partial charge in [-0.2, -0.15) is 0 Å². The molecule has 3 heterocycles. The molecule has 1 fully saturated rings. The topological polar surface area (TPSA) is 104 Å². The van der Waals surface area contributed by atoms with E-state index in [1.54, 1.807) is 16.7 Å². The van der Waals surface area contributed by atoms with E-state index in [1.807, 2.05) is 48.5 Å². The largest absolute Gasteiger partial charge is 0.573 e. The minimum Gasteiger partial charge on any atom is -0.490 e. The van der Waals surface area contributed by atoms with E-state index in [9.17, 15) is 23.3 Å². The Morgan fingerprint density at radius 2 is 1.48 bits per heavy atom. The first kappa shape index (κ1) is 31.0. The van der Waals surface area contributed by atoms with Gasteiger partial charge in [-0.3, -0.25) is 9.47 Å². The van der Waals surface area contributed by atoms with Crippen LogP contribution in [0.3, 0.4) is 0 Å². The summed E-state index contributed by atoms with van der Waals surface area (Å²) in [5, 5.41) is 11.0. The van der Waals surface area contributed by atoms with Gasteiger partial charge in [0.15, 0.2) is 0 Å². The van der Waals surface area contributed by atoms with E-state index in [0.717, 1.165) is 49.7 Å². The maximum absolute atomic E-state index is 12.3. The van der Waals surface area contributed by atoms with Gasteiger partial charge in [0.05, 0.1) is 0 Å². The summed E-state index contributed by atoms with van der Waals surface area (Å²) < 4.78 is 60.0. The molecule has 0 N–H and O–H groups in total. The normalized spacial score (nSPS) is 16.8. The van der Waals surface area contributed by atoms with Crippen LogP contribution in [0.25, 0.3) is 0 Å². The summed E-state index contributed by atoms with van der Waals surface area (Å²) in [4.78, 5) is 19.1. The number of ether oxygens (including phenoxy) is 4. The predicted molar refractivity (Wildman–Crippen MR) is 161 cm³/mol. The molecule has 6 rings (SSSR count). The van der Waals surface area contributed by atoms with E-state index < -0.39 is 11.3 Å². The van der Waals surface area contributed by atoms with Crippen molar-refractivity contribution in [2.24, 2.45) is 0 Å². The third-order valence-corrected chi connectivity index (χ3v) is 7.78. The summed E-state index contributed by atoms with van der Waals surface area (Å²) in [6.45, 7) is 5.57. The van der Waals surface area contributed by atoms with Gasteiger partial charge < -0.3 is 34.0 Å². The molecule has 1 aromatic heterocycles. The number of nitro groups is 1. The quantitative estimate of drug-likeness (QED) is 0.148. The first-order valence-corrected chi connectivity index (χ1v) is 14.8. The minimum atomic E-state index is -4.71. The highest BCUT2D eigenvalue weighted by Crippen LogP contribution is 2.27. The Morgan fingerprint density at radius 3 is 2.15 bits per heavy atom. The third kappa shape index (κ3) is 8.18. The number of benzene rings is 3. The lowest BCUT2D eigenvalue weighted by atomic mass is 10.1. The highest BCUT2D eigenvalue weighted by atomic mass is 19.4. The van der Waals surface area contributed by atoms with Crippen LogP contribution in [0.15, 0.2) is 79.0 Å². The molecule has 1 unspecified atom stereocenters. The Bertz CT molecular complexity index is 1610. The van der Waals surface area contributed by atoms with Crippen molar-refractivity contribution >= 4 is 11.5 Å². The second kappa shape index (κ2) is 13.6. The molecule has 0 bridgehead atoms. The van der Waals surface area contributed by atoms with Crippen molar-refractivity contribution in [3.8, 4) is 23.3 Å². The standard InChI is InChI=1S/C32H32F3N5O6/c33-32(34,35)46-28-9-3-24(4-10-28)21-43-26-7-1-23(2-8-26)19-37-15-17-38(18-16-37)25-5-11-27(12-6-25)44-22-29-13-14-39-20-30(40(41)42)36-31(39)45-29/h1-12,20,29H,13-19,21-22H2. The molecule has 11 nitrogen and oxygen atoms in total. The fourth-order valence-corrected chi connectivity index (χ4v) is 5.35. The molecule has 46 heavy (non-hydrogen) atoms. The number of imidazole rings is 1. The number of nitrogens with zero attached hydrogens (tertiary/aromatic N) is 5. The molecule has 2 aliphatic heterocycles. The molecule has 1 atom stereocenters. The van der Waals surface area contributed by atoms with Gasteiger partial charge in [0.25, 0.3) is 0 Å². The van der Waals surface area contributed by atoms with Crippen molar-refractivity contribution in [3.05, 3.63) is 100 Å². The van der Waals surface area contributed by atoms with Crippen molar-refractivity contribution in [2.75, 3.05) is 37.7 Å². The zero-order valence-electron chi connectivity index (χ0n) is 24.8. The summed E-state index contributed by atoms with van der Waals surface area (Å²) in [6.07, 6.45) is -2.89. The molecule has 14 heteroatoms. The first-order chi connectivity index (χ1) is 22.2. The fraction of sp³-hybridized carbons (Fsp3) is 0.344. The van der Waals surface area contributed by atoms with Gasteiger partial charge in [0.2, 0.25) is 0 Å². The summed E-state index contributed by atoms with van der Waals surface area (Å²) in [5.74, 6) is 0.926. The van der Waals surface area contributed by atoms with Crippen molar-refractivity contribution in [1.29, 1.82) is 0 Å². The fourth-order valence-electron chi connectivity index (χ4n) is 5.35. The number of piperazine rings is 1. The Hall–Kier alpha value is -4.98. The Kier molecular flexibility index (Phi) is 9.15. The lowest BCUT2D eigenvalue weighted by molar-refractivity contribution is -0.389. The van der Waals surface area contributed by atoms with Gasteiger partial charge in [-0.25, -0.2) is 0 Å². The van der Waals surface area contributed by atoms with Gasteiger partial charge in [-0.15, -0.1) is 13.2 Å². The van der Waals surface area contributed by atoms with Gasteiger partial charge in [-0.05, 0) is 64.6 Å². The van der Waals surface area contributed by atoms with Crippen LogP contribution in [-0.4, -0.2) is 64.6 Å². The van der Waals surface area contributed by atoms with Crippen molar-refractivity contribution in [2.45, 2.75) is 38.6 Å². The molecule has 0 radical (unpaired) electrons. The smallest absolute Gasteiger partial charge is 0.490 e. The van der Waals surface area contributed by atoms with Crippen LogP contribution < -0.4 is 23.8 Å². The van der Waals surface area contributed by atoms with Gasteiger partial charge in [0.1, 0.15) is 42.8 Å². The molecule has 0 spiro atoms. The Balaban J connectivity index is 0.906. The second-order valence-corrected chi connectivity index (χ2v) is 11.1. The number of rotatable bonds is 11. The first-order valence-electron chi connectivity index (χ1n) is 14.8. The molecule has 3 aromatic carbocycles. The third-order valence-electron chi connectivity index (χ3n) is 7.78. The van der Waals surface area contributed by atoms with Crippen LogP contribution in [0, 0.1) is 10.1 Å². The number of halogens is 3.